The highest BCUT2D eigenvalue weighted by Crippen LogP contribution is 2.14. The average molecular weight is 271 g/mol. The molecular weight excluding hydrogens is 250 g/mol. The van der Waals surface area contributed by atoms with Crippen LogP contribution in [0, 0.1) is 0 Å². The van der Waals surface area contributed by atoms with Gasteiger partial charge in [0.2, 0.25) is 0 Å². The Balaban J connectivity index is 1.50. The van der Waals surface area contributed by atoms with E-state index in [0.717, 1.165) is 37.9 Å². The third-order valence-electron chi connectivity index (χ3n) is 3.90. The molecule has 1 aromatic carbocycles. The van der Waals surface area contributed by atoms with Crippen LogP contribution in [0.3, 0.4) is 0 Å². The van der Waals surface area contributed by atoms with Gasteiger partial charge in [0.25, 0.3) is 0 Å². The van der Waals surface area contributed by atoms with Crippen LogP contribution in [-0.2, 0) is 6.42 Å². The predicted octanol–water partition coefficient (Wildman–Crippen LogP) is 2.91. The number of rotatable bonds is 3. The number of piperidine rings is 1. The predicted molar refractivity (Wildman–Crippen MR) is 80.8 cm³/mol. The molecule has 1 aliphatic rings. The fraction of sp³-hybridized carbons (Fsp3) is 0.438. The van der Waals surface area contributed by atoms with E-state index in [1.54, 1.807) is 0 Å². The largest absolute Gasteiger partial charge is 0.358 e. The summed E-state index contributed by atoms with van der Waals surface area (Å²) >= 11 is 0. The van der Waals surface area contributed by atoms with Crippen LogP contribution in [0.15, 0.2) is 30.3 Å². The summed E-state index contributed by atoms with van der Waals surface area (Å²) in [6, 6.07) is 10.5. The van der Waals surface area contributed by atoms with Gasteiger partial charge < -0.3 is 15.2 Å². The van der Waals surface area contributed by atoms with Crippen LogP contribution < -0.4 is 5.32 Å². The molecule has 4 nitrogen and oxygen atoms in total. The number of para-hydroxylation sites is 1. The maximum absolute atomic E-state index is 12.0. The van der Waals surface area contributed by atoms with Crippen molar-refractivity contribution in [2.45, 2.75) is 25.7 Å². The summed E-state index contributed by atoms with van der Waals surface area (Å²) < 4.78 is 0. The van der Waals surface area contributed by atoms with Gasteiger partial charge in [-0.2, -0.15) is 0 Å². The molecule has 1 saturated heterocycles. The molecule has 0 saturated carbocycles. The summed E-state index contributed by atoms with van der Waals surface area (Å²) in [5, 5.41) is 4.24. The summed E-state index contributed by atoms with van der Waals surface area (Å²) in [7, 11) is 0. The van der Waals surface area contributed by atoms with Gasteiger partial charge in [0.05, 0.1) is 0 Å². The van der Waals surface area contributed by atoms with Crippen LogP contribution in [0.5, 0.6) is 0 Å². The third-order valence-corrected chi connectivity index (χ3v) is 3.90. The van der Waals surface area contributed by atoms with Crippen LogP contribution >= 0.6 is 0 Å². The molecule has 4 heteroatoms. The Labute approximate surface area is 119 Å². The second-order valence-corrected chi connectivity index (χ2v) is 5.41. The second-order valence-electron chi connectivity index (χ2n) is 5.41. The van der Waals surface area contributed by atoms with Crippen LogP contribution in [0.2, 0.25) is 0 Å². The van der Waals surface area contributed by atoms with Crippen molar-refractivity contribution in [1.29, 1.82) is 0 Å². The highest BCUT2D eigenvalue weighted by atomic mass is 16.2. The number of fused-ring (bicyclic) bond motifs is 1. The van der Waals surface area contributed by atoms with Gasteiger partial charge in [-0.25, -0.2) is 4.79 Å². The molecular formula is C16H21N3O. The van der Waals surface area contributed by atoms with Gasteiger partial charge in [-0.1, -0.05) is 18.2 Å². The number of nitrogens with zero attached hydrogens (tertiary/aromatic N) is 1. The molecule has 0 radical (unpaired) electrons. The maximum Gasteiger partial charge on any atom is 0.317 e. The van der Waals surface area contributed by atoms with Crippen molar-refractivity contribution in [3.63, 3.8) is 0 Å². The fourth-order valence-corrected chi connectivity index (χ4v) is 2.78. The maximum atomic E-state index is 12.0. The zero-order valence-corrected chi connectivity index (χ0v) is 11.7. The average Bonchev–Trinajstić information content (AvgIpc) is 2.90. The number of amides is 2. The van der Waals surface area contributed by atoms with E-state index < -0.39 is 0 Å². The molecule has 0 bridgehead atoms. The van der Waals surface area contributed by atoms with Crippen LogP contribution in [0.1, 0.15) is 25.0 Å². The topological polar surface area (TPSA) is 48.1 Å². The molecule has 0 spiro atoms. The molecule has 2 amide bonds. The molecule has 3 rings (SSSR count). The molecule has 0 aliphatic carbocycles. The van der Waals surface area contributed by atoms with E-state index >= 15 is 0 Å². The van der Waals surface area contributed by atoms with E-state index in [4.69, 9.17) is 0 Å². The Morgan fingerprint density at radius 2 is 2.00 bits per heavy atom. The van der Waals surface area contributed by atoms with E-state index in [1.807, 2.05) is 17.0 Å². The van der Waals surface area contributed by atoms with Gasteiger partial charge in [-0.3, -0.25) is 0 Å². The molecule has 0 unspecified atom stereocenters. The third kappa shape index (κ3) is 2.95. The highest BCUT2D eigenvalue weighted by molar-refractivity contribution is 5.80. The van der Waals surface area contributed by atoms with Crippen molar-refractivity contribution >= 4 is 16.9 Å². The minimum atomic E-state index is 0.0841. The number of benzene rings is 1. The normalized spacial score (nSPS) is 15.5. The fourth-order valence-electron chi connectivity index (χ4n) is 2.78. The van der Waals surface area contributed by atoms with E-state index in [9.17, 15) is 4.79 Å². The van der Waals surface area contributed by atoms with Gasteiger partial charge in [0, 0.05) is 37.3 Å². The smallest absolute Gasteiger partial charge is 0.317 e. The summed E-state index contributed by atoms with van der Waals surface area (Å²) in [6.45, 7) is 2.48. The number of nitrogens with one attached hydrogen (secondary N) is 2. The van der Waals surface area contributed by atoms with Gasteiger partial charge in [-0.15, -0.1) is 0 Å². The number of carbonyl (C=O) groups is 1. The Hall–Kier alpha value is -1.97. The number of hydrogen-bond donors (Lipinski definition) is 2. The lowest BCUT2D eigenvalue weighted by molar-refractivity contribution is 0.186. The number of likely N-dealkylation sites (tertiary alicyclic amines) is 1. The molecule has 20 heavy (non-hydrogen) atoms. The zero-order chi connectivity index (χ0) is 13.8. The molecule has 0 atom stereocenters. The van der Waals surface area contributed by atoms with Crippen molar-refractivity contribution in [1.82, 2.24) is 15.2 Å². The second kappa shape index (κ2) is 5.99. The van der Waals surface area contributed by atoms with E-state index in [1.165, 1.54) is 17.5 Å². The summed E-state index contributed by atoms with van der Waals surface area (Å²) in [5.74, 6) is 0. The number of H-pyrrole nitrogens is 1. The standard InChI is InChI=1S/C16H21N3O/c20-16(19-10-4-1-5-11-19)17-9-8-14-12-13-6-2-3-7-15(13)18-14/h2-3,6-7,12,18H,1,4-5,8-11H2,(H,17,20). The Kier molecular flexibility index (Phi) is 3.90. The van der Waals surface area contributed by atoms with Crippen molar-refractivity contribution in [2.24, 2.45) is 0 Å². The lowest BCUT2D eigenvalue weighted by Gasteiger charge is -2.26. The van der Waals surface area contributed by atoms with Crippen molar-refractivity contribution in [2.75, 3.05) is 19.6 Å². The first kappa shape index (κ1) is 13.0. The van der Waals surface area contributed by atoms with E-state index in [2.05, 4.69) is 28.5 Å². The van der Waals surface area contributed by atoms with Crippen molar-refractivity contribution in [3.05, 3.63) is 36.0 Å². The summed E-state index contributed by atoms with van der Waals surface area (Å²) in [6.07, 6.45) is 4.36. The Morgan fingerprint density at radius 3 is 2.80 bits per heavy atom. The molecule has 2 aromatic rings. The van der Waals surface area contributed by atoms with Crippen LogP contribution in [0.4, 0.5) is 4.79 Å². The number of aromatic nitrogens is 1. The molecule has 2 heterocycles. The van der Waals surface area contributed by atoms with E-state index in [-0.39, 0.29) is 6.03 Å². The van der Waals surface area contributed by atoms with E-state index in [0.29, 0.717) is 6.54 Å². The quantitative estimate of drug-likeness (QED) is 0.886. The lowest BCUT2D eigenvalue weighted by atomic mass is 10.1. The minimum absolute atomic E-state index is 0.0841. The lowest BCUT2D eigenvalue weighted by Crippen LogP contribution is -2.43. The minimum Gasteiger partial charge on any atom is -0.358 e. The summed E-state index contributed by atoms with van der Waals surface area (Å²) in [4.78, 5) is 17.3. The zero-order valence-electron chi connectivity index (χ0n) is 11.7. The molecule has 1 aliphatic heterocycles. The highest BCUT2D eigenvalue weighted by Gasteiger charge is 2.15. The monoisotopic (exact) mass is 271 g/mol. The number of aromatic amines is 1. The Bertz CT molecular complexity index is 551. The van der Waals surface area contributed by atoms with Gasteiger partial charge >= 0.3 is 6.03 Å². The van der Waals surface area contributed by atoms with Gasteiger partial charge in [0.1, 0.15) is 0 Å². The first-order chi connectivity index (χ1) is 9.83. The molecule has 1 aromatic heterocycles. The molecule has 106 valence electrons. The SMILES string of the molecule is O=C(NCCc1cc2ccccc2[nH]1)N1CCCCC1. The number of hydrogen-bond acceptors (Lipinski definition) is 1. The van der Waals surface area contributed by atoms with Crippen LogP contribution in [0.25, 0.3) is 10.9 Å². The van der Waals surface area contributed by atoms with Gasteiger partial charge in [-0.05, 0) is 36.8 Å². The Morgan fingerprint density at radius 1 is 1.20 bits per heavy atom. The van der Waals surface area contributed by atoms with Gasteiger partial charge in [0.15, 0.2) is 0 Å². The van der Waals surface area contributed by atoms with Crippen molar-refractivity contribution < 1.29 is 4.79 Å². The first-order valence-electron chi connectivity index (χ1n) is 7.42. The number of urea groups is 1. The van der Waals surface area contributed by atoms with Crippen molar-refractivity contribution in [3.8, 4) is 0 Å². The number of carbonyl (C=O) groups excluding carboxylic acids is 1. The summed E-state index contributed by atoms with van der Waals surface area (Å²) in [5.41, 5.74) is 2.33. The molecule has 2 N–H and O–H groups in total. The molecule has 1 fully saturated rings. The van der Waals surface area contributed by atoms with Crippen LogP contribution in [-0.4, -0.2) is 35.5 Å². The first-order valence-corrected chi connectivity index (χ1v) is 7.42.